The van der Waals surface area contributed by atoms with Crippen molar-refractivity contribution in [1.29, 1.82) is 0 Å². The number of nitrogens with one attached hydrogen (secondary N) is 1. The van der Waals surface area contributed by atoms with Crippen molar-refractivity contribution in [3.05, 3.63) is 0 Å². The van der Waals surface area contributed by atoms with E-state index < -0.39 is 6.04 Å². The van der Waals surface area contributed by atoms with Gasteiger partial charge in [-0.3, -0.25) is 9.59 Å². The maximum absolute atomic E-state index is 11.7. The first-order valence-electron chi connectivity index (χ1n) is 5.66. The Kier molecular flexibility index (Phi) is 7.49. The number of likely N-dealkylation sites (N-methyl/N-ethyl adjacent to an activating group) is 1. The van der Waals surface area contributed by atoms with Crippen LogP contribution in [0.2, 0.25) is 0 Å². The summed E-state index contributed by atoms with van der Waals surface area (Å²) in [6.45, 7) is 4.65. The molecule has 0 radical (unpaired) electrons. The molecule has 17 heavy (non-hydrogen) atoms. The first kappa shape index (κ1) is 15.9. The predicted octanol–water partition coefficient (Wildman–Crippen LogP) is -0.809. The van der Waals surface area contributed by atoms with Gasteiger partial charge in [-0.05, 0) is 5.92 Å². The van der Waals surface area contributed by atoms with Gasteiger partial charge in [0, 0.05) is 20.7 Å². The fourth-order valence-electron chi connectivity index (χ4n) is 1.18. The Balaban J connectivity index is 4.03. The van der Waals surface area contributed by atoms with Gasteiger partial charge in [0.25, 0.3) is 0 Å². The summed E-state index contributed by atoms with van der Waals surface area (Å²) in [4.78, 5) is 24.5. The molecule has 1 atom stereocenters. The van der Waals surface area contributed by atoms with Gasteiger partial charge in [-0.25, -0.2) is 0 Å². The van der Waals surface area contributed by atoms with Gasteiger partial charge in [0.05, 0.1) is 19.2 Å². The summed E-state index contributed by atoms with van der Waals surface area (Å²) in [6, 6.07) is -0.563. The van der Waals surface area contributed by atoms with Crippen molar-refractivity contribution in [2.24, 2.45) is 11.7 Å². The second kappa shape index (κ2) is 8.03. The van der Waals surface area contributed by atoms with Crippen LogP contribution in [0.5, 0.6) is 0 Å². The molecular weight excluding hydrogens is 222 g/mol. The number of hydrogen-bond acceptors (Lipinski definition) is 4. The largest absolute Gasteiger partial charge is 0.383 e. The molecule has 0 heterocycles. The fourth-order valence-corrected chi connectivity index (χ4v) is 1.18. The Labute approximate surface area is 102 Å². The summed E-state index contributed by atoms with van der Waals surface area (Å²) in [7, 11) is 3.13. The summed E-state index contributed by atoms with van der Waals surface area (Å²) < 4.78 is 4.80. The Morgan fingerprint density at radius 3 is 2.47 bits per heavy atom. The molecule has 100 valence electrons. The van der Waals surface area contributed by atoms with E-state index in [4.69, 9.17) is 10.5 Å². The molecule has 0 saturated heterocycles. The summed E-state index contributed by atoms with van der Waals surface area (Å²) in [6.07, 6.45) is 0. The van der Waals surface area contributed by atoms with E-state index in [0.717, 1.165) is 0 Å². The molecule has 0 fully saturated rings. The van der Waals surface area contributed by atoms with E-state index in [2.05, 4.69) is 5.32 Å². The molecule has 0 unspecified atom stereocenters. The standard InChI is InChI=1S/C11H23N3O3/c1-8(2)10(12)11(16)14(3)7-9(15)13-5-6-17-4/h8,10H,5-7,12H2,1-4H3,(H,13,15)/t10-/m1/s1. The van der Waals surface area contributed by atoms with Gasteiger partial charge in [-0.2, -0.15) is 0 Å². The molecule has 0 aromatic carbocycles. The van der Waals surface area contributed by atoms with Crippen LogP contribution in [0, 0.1) is 5.92 Å². The number of nitrogens with zero attached hydrogens (tertiary/aromatic N) is 1. The monoisotopic (exact) mass is 245 g/mol. The van der Waals surface area contributed by atoms with E-state index in [1.165, 1.54) is 4.90 Å². The zero-order valence-electron chi connectivity index (χ0n) is 11.0. The number of amides is 2. The molecule has 0 rings (SSSR count). The minimum absolute atomic E-state index is 0.0168. The maximum atomic E-state index is 11.7. The van der Waals surface area contributed by atoms with Gasteiger partial charge >= 0.3 is 0 Å². The lowest BCUT2D eigenvalue weighted by molar-refractivity contribution is -0.136. The highest BCUT2D eigenvalue weighted by molar-refractivity contribution is 5.87. The van der Waals surface area contributed by atoms with E-state index in [1.807, 2.05) is 13.8 Å². The molecule has 6 nitrogen and oxygen atoms in total. The quantitative estimate of drug-likeness (QED) is 0.575. The lowest BCUT2D eigenvalue weighted by Gasteiger charge is -2.22. The lowest BCUT2D eigenvalue weighted by atomic mass is 10.0. The molecule has 2 amide bonds. The van der Waals surface area contributed by atoms with Crippen LogP contribution < -0.4 is 11.1 Å². The van der Waals surface area contributed by atoms with Crippen molar-refractivity contribution in [2.45, 2.75) is 19.9 Å². The molecular formula is C11H23N3O3. The molecule has 0 aromatic heterocycles. The van der Waals surface area contributed by atoms with Crippen LogP contribution in [-0.4, -0.2) is 56.6 Å². The maximum Gasteiger partial charge on any atom is 0.239 e. The van der Waals surface area contributed by atoms with E-state index in [1.54, 1.807) is 14.2 Å². The van der Waals surface area contributed by atoms with E-state index in [0.29, 0.717) is 13.2 Å². The third-order valence-electron chi connectivity index (χ3n) is 2.39. The highest BCUT2D eigenvalue weighted by Gasteiger charge is 2.22. The molecule has 0 aromatic rings. The van der Waals surface area contributed by atoms with Gasteiger partial charge in [-0.1, -0.05) is 13.8 Å². The Hall–Kier alpha value is -1.14. The van der Waals surface area contributed by atoms with Crippen molar-refractivity contribution in [1.82, 2.24) is 10.2 Å². The molecule has 0 saturated carbocycles. The molecule has 0 aliphatic heterocycles. The van der Waals surface area contributed by atoms with Gasteiger partial charge in [-0.15, -0.1) is 0 Å². The van der Waals surface area contributed by atoms with Gasteiger partial charge < -0.3 is 20.7 Å². The van der Waals surface area contributed by atoms with Crippen LogP contribution in [0.3, 0.4) is 0 Å². The third-order valence-corrected chi connectivity index (χ3v) is 2.39. The molecule has 0 bridgehead atoms. The van der Waals surface area contributed by atoms with Crippen molar-refractivity contribution < 1.29 is 14.3 Å². The Morgan fingerprint density at radius 1 is 1.41 bits per heavy atom. The van der Waals surface area contributed by atoms with E-state index in [9.17, 15) is 9.59 Å². The second-order valence-corrected chi connectivity index (χ2v) is 4.31. The number of carbonyl (C=O) groups excluding carboxylic acids is 2. The SMILES string of the molecule is COCCNC(=O)CN(C)C(=O)[C@H](N)C(C)C. The van der Waals surface area contributed by atoms with Crippen LogP contribution in [-0.2, 0) is 14.3 Å². The first-order valence-corrected chi connectivity index (χ1v) is 5.66. The van der Waals surface area contributed by atoms with Gasteiger partial charge in [0.15, 0.2) is 0 Å². The summed E-state index contributed by atoms with van der Waals surface area (Å²) in [5.74, 6) is -0.378. The van der Waals surface area contributed by atoms with E-state index >= 15 is 0 Å². The summed E-state index contributed by atoms with van der Waals surface area (Å²) in [5, 5.41) is 2.64. The zero-order chi connectivity index (χ0) is 13.4. The van der Waals surface area contributed by atoms with Crippen LogP contribution in [0.15, 0.2) is 0 Å². The van der Waals surface area contributed by atoms with E-state index in [-0.39, 0.29) is 24.3 Å². The normalized spacial score (nSPS) is 12.4. The predicted molar refractivity (Wildman–Crippen MR) is 65.3 cm³/mol. The molecule has 0 aliphatic carbocycles. The number of nitrogens with two attached hydrogens (primary N) is 1. The fraction of sp³-hybridized carbons (Fsp3) is 0.818. The number of hydrogen-bond donors (Lipinski definition) is 2. The Morgan fingerprint density at radius 2 is 2.00 bits per heavy atom. The minimum Gasteiger partial charge on any atom is -0.383 e. The average Bonchev–Trinajstić information content (AvgIpc) is 2.27. The van der Waals surface area contributed by atoms with Crippen LogP contribution in [0.1, 0.15) is 13.8 Å². The molecule has 0 aliphatic rings. The highest BCUT2D eigenvalue weighted by Crippen LogP contribution is 2.01. The number of rotatable bonds is 7. The lowest BCUT2D eigenvalue weighted by Crippen LogP contribution is -2.48. The van der Waals surface area contributed by atoms with Crippen LogP contribution in [0.4, 0.5) is 0 Å². The topological polar surface area (TPSA) is 84.7 Å². The second-order valence-electron chi connectivity index (χ2n) is 4.31. The Bertz CT molecular complexity index is 256. The first-order chi connectivity index (χ1) is 7.90. The van der Waals surface area contributed by atoms with Crippen LogP contribution >= 0.6 is 0 Å². The van der Waals surface area contributed by atoms with Crippen molar-refractivity contribution >= 4 is 11.8 Å². The van der Waals surface area contributed by atoms with Crippen molar-refractivity contribution in [2.75, 3.05) is 33.9 Å². The van der Waals surface area contributed by atoms with Crippen molar-refractivity contribution in [3.63, 3.8) is 0 Å². The molecule has 6 heteroatoms. The summed E-state index contributed by atoms with van der Waals surface area (Å²) in [5.41, 5.74) is 5.72. The number of methoxy groups -OCH3 is 1. The molecule has 3 N–H and O–H groups in total. The van der Waals surface area contributed by atoms with Crippen LogP contribution in [0.25, 0.3) is 0 Å². The summed E-state index contributed by atoms with van der Waals surface area (Å²) >= 11 is 0. The van der Waals surface area contributed by atoms with Gasteiger partial charge in [0.1, 0.15) is 0 Å². The molecule has 0 spiro atoms. The van der Waals surface area contributed by atoms with Crippen molar-refractivity contribution in [3.8, 4) is 0 Å². The number of ether oxygens (including phenoxy) is 1. The zero-order valence-corrected chi connectivity index (χ0v) is 11.0. The highest BCUT2D eigenvalue weighted by atomic mass is 16.5. The third kappa shape index (κ3) is 6.23. The smallest absolute Gasteiger partial charge is 0.239 e. The number of carbonyl (C=O) groups is 2. The van der Waals surface area contributed by atoms with Gasteiger partial charge in [0.2, 0.25) is 11.8 Å². The minimum atomic E-state index is -0.563. The average molecular weight is 245 g/mol.